The molecular weight excluding hydrogens is 200 g/mol. The molecule has 2 heteroatoms. The zero-order chi connectivity index (χ0) is 12.2. The highest BCUT2D eigenvalue weighted by molar-refractivity contribution is 5.80. The molecule has 1 rings (SSSR count). The summed E-state index contributed by atoms with van der Waals surface area (Å²) in [5.74, 6) is 0.762. The van der Waals surface area contributed by atoms with Crippen LogP contribution in [-0.4, -0.2) is 5.78 Å². The lowest BCUT2D eigenvalue weighted by atomic mass is 9.83. The topological polar surface area (TPSA) is 30.2 Å². The molecule has 1 heterocycles. The van der Waals surface area contributed by atoms with E-state index in [4.69, 9.17) is 4.42 Å². The van der Waals surface area contributed by atoms with Crippen LogP contribution in [0.1, 0.15) is 46.1 Å². The monoisotopic (exact) mass is 222 g/mol. The second-order valence-electron chi connectivity index (χ2n) is 5.92. The molecular formula is C14H22O2. The summed E-state index contributed by atoms with van der Waals surface area (Å²) in [6, 6.07) is 1.85. The van der Waals surface area contributed by atoms with Crippen molar-refractivity contribution in [2.45, 2.75) is 47.0 Å². The van der Waals surface area contributed by atoms with Gasteiger partial charge in [0.15, 0.2) is 0 Å². The highest BCUT2D eigenvalue weighted by atomic mass is 16.3. The van der Waals surface area contributed by atoms with Gasteiger partial charge in [0.05, 0.1) is 12.5 Å². The minimum Gasteiger partial charge on any atom is -0.472 e. The van der Waals surface area contributed by atoms with Gasteiger partial charge in [0, 0.05) is 12.8 Å². The van der Waals surface area contributed by atoms with Gasteiger partial charge in [-0.05, 0) is 29.4 Å². The Kier molecular flexibility index (Phi) is 4.34. The van der Waals surface area contributed by atoms with E-state index in [1.807, 2.05) is 6.07 Å². The van der Waals surface area contributed by atoms with Crippen LogP contribution in [0, 0.1) is 11.3 Å². The molecule has 0 aliphatic heterocycles. The van der Waals surface area contributed by atoms with E-state index in [1.54, 1.807) is 12.5 Å². The molecule has 1 atom stereocenters. The Morgan fingerprint density at radius 2 is 2.12 bits per heavy atom. The Hall–Kier alpha value is -1.05. The van der Waals surface area contributed by atoms with Crippen molar-refractivity contribution in [1.29, 1.82) is 0 Å². The average molecular weight is 222 g/mol. The first-order valence-electron chi connectivity index (χ1n) is 5.89. The smallest absolute Gasteiger partial charge is 0.137 e. The lowest BCUT2D eigenvalue weighted by Gasteiger charge is -2.22. The maximum Gasteiger partial charge on any atom is 0.137 e. The van der Waals surface area contributed by atoms with E-state index in [9.17, 15) is 4.79 Å². The predicted molar refractivity (Wildman–Crippen MR) is 65.3 cm³/mol. The Balaban J connectivity index is 2.34. The van der Waals surface area contributed by atoms with Gasteiger partial charge in [-0.25, -0.2) is 0 Å². The number of carbonyl (C=O) groups is 1. The van der Waals surface area contributed by atoms with Crippen molar-refractivity contribution < 1.29 is 9.21 Å². The third-order valence-corrected chi connectivity index (χ3v) is 2.52. The molecule has 0 spiro atoms. The van der Waals surface area contributed by atoms with Crippen LogP contribution in [0.3, 0.4) is 0 Å². The standard InChI is InChI=1S/C14H22O2/c1-11(9-14(2,3)4)7-13(15)8-12-5-6-16-10-12/h5-6,10-11H,7-9H2,1-4H3. The molecule has 0 bridgehead atoms. The molecule has 1 unspecified atom stereocenters. The minimum atomic E-state index is 0.301. The van der Waals surface area contributed by atoms with Crippen LogP contribution in [-0.2, 0) is 11.2 Å². The van der Waals surface area contributed by atoms with Crippen LogP contribution in [0.25, 0.3) is 0 Å². The molecule has 16 heavy (non-hydrogen) atoms. The summed E-state index contributed by atoms with van der Waals surface area (Å²) in [5, 5.41) is 0. The SMILES string of the molecule is CC(CC(=O)Cc1ccoc1)CC(C)(C)C. The van der Waals surface area contributed by atoms with E-state index >= 15 is 0 Å². The van der Waals surface area contributed by atoms with E-state index in [-0.39, 0.29) is 0 Å². The second-order valence-corrected chi connectivity index (χ2v) is 5.92. The van der Waals surface area contributed by atoms with E-state index in [2.05, 4.69) is 27.7 Å². The van der Waals surface area contributed by atoms with Crippen molar-refractivity contribution in [1.82, 2.24) is 0 Å². The summed E-state index contributed by atoms with van der Waals surface area (Å²) in [6.45, 7) is 8.79. The lowest BCUT2D eigenvalue weighted by Crippen LogP contribution is -2.15. The van der Waals surface area contributed by atoms with Crippen LogP contribution in [0.5, 0.6) is 0 Å². The van der Waals surface area contributed by atoms with Gasteiger partial charge in [-0.2, -0.15) is 0 Å². The van der Waals surface area contributed by atoms with Crippen molar-refractivity contribution in [2.75, 3.05) is 0 Å². The second kappa shape index (κ2) is 5.33. The molecule has 90 valence electrons. The van der Waals surface area contributed by atoms with Gasteiger partial charge in [-0.15, -0.1) is 0 Å². The summed E-state index contributed by atoms with van der Waals surface area (Å²) in [6.07, 6.45) is 5.52. The molecule has 0 saturated carbocycles. The first-order valence-corrected chi connectivity index (χ1v) is 5.89. The van der Waals surface area contributed by atoms with Crippen molar-refractivity contribution in [2.24, 2.45) is 11.3 Å². The predicted octanol–water partition coefficient (Wildman–Crippen LogP) is 3.85. The first kappa shape index (κ1) is 13.0. The van der Waals surface area contributed by atoms with E-state index in [0.29, 0.717) is 30.0 Å². The van der Waals surface area contributed by atoms with Crippen LogP contribution in [0.15, 0.2) is 23.0 Å². The summed E-state index contributed by atoms with van der Waals surface area (Å²) in [7, 11) is 0. The van der Waals surface area contributed by atoms with Gasteiger partial charge >= 0.3 is 0 Å². The minimum absolute atomic E-state index is 0.301. The number of rotatable bonds is 5. The highest BCUT2D eigenvalue weighted by Gasteiger charge is 2.17. The van der Waals surface area contributed by atoms with E-state index in [1.165, 1.54) is 0 Å². The molecule has 1 aromatic rings. The normalized spacial score (nSPS) is 13.8. The van der Waals surface area contributed by atoms with Gasteiger partial charge in [0.1, 0.15) is 5.78 Å². The van der Waals surface area contributed by atoms with Crippen molar-refractivity contribution in [3.63, 3.8) is 0 Å². The van der Waals surface area contributed by atoms with Crippen LogP contribution in [0.4, 0.5) is 0 Å². The summed E-state index contributed by atoms with van der Waals surface area (Å²) in [5.41, 5.74) is 1.28. The van der Waals surface area contributed by atoms with Gasteiger partial charge in [-0.3, -0.25) is 4.79 Å². The quantitative estimate of drug-likeness (QED) is 0.757. The molecule has 0 aliphatic carbocycles. The molecule has 0 saturated heterocycles. The zero-order valence-electron chi connectivity index (χ0n) is 10.7. The fourth-order valence-electron chi connectivity index (χ4n) is 2.20. The van der Waals surface area contributed by atoms with E-state index < -0.39 is 0 Å². The number of furan rings is 1. The number of carbonyl (C=O) groups excluding carboxylic acids is 1. The number of Topliss-reactive ketones (excluding diaryl/α,β-unsaturated/α-hetero) is 1. The van der Waals surface area contributed by atoms with Gasteiger partial charge in [0.25, 0.3) is 0 Å². The van der Waals surface area contributed by atoms with Crippen molar-refractivity contribution in [3.05, 3.63) is 24.2 Å². The molecule has 0 N–H and O–H groups in total. The van der Waals surface area contributed by atoms with Gasteiger partial charge in [0.2, 0.25) is 0 Å². The third-order valence-electron chi connectivity index (χ3n) is 2.52. The largest absolute Gasteiger partial charge is 0.472 e. The summed E-state index contributed by atoms with van der Waals surface area (Å²) >= 11 is 0. The number of hydrogen-bond donors (Lipinski definition) is 0. The lowest BCUT2D eigenvalue weighted by molar-refractivity contribution is -0.119. The maximum atomic E-state index is 11.8. The Morgan fingerprint density at radius 3 is 2.62 bits per heavy atom. The van der Waals surface area contributed by atoms with Crippen molar-refractivity contribution in [3.8, 4) is 0 Å². The van der Waals surface area contributed by atoms with Crippen LogP contribution < -0.4 is 0 Å². The third kappa shape index (κ3) is 5.15. The zero-order valence-corrected chi connectivity index (χ0v) is 10.7. The molecule has 0 amide bonds. The fourth-order valence-corrected chi connectivity index (χ4v) is 2.20. The molecule has 2 nitrogen and oxygen atoms in total. The molecule has 1 aromatic heterocycles. The van der Waals surface area contributed by atoms with E-state index in [0.717, 1.165) is 12.0 Å². The Bertz CT molecular complexity index is 317. The molecule has 0 aromatic carbocycles. The van der Waals surface area contributed by atoms with Gasteiger partial charge in [-0.1, -0.05) is 27.7 Å². The Labute approximate surface area is 98.0 Å². The van der Waals surface area contributed by atoms with Crippen molar-refractivity contribution >= 4 is 5.78 Å². The fraction of sp³-hybridized carbons (Fsp3) is 0.643. The number of ketones is 1. The molecule has 0 fully saturated rings. The summed E-state index contributed by atoms with van der Waals surface area (Å²) in [4.78, 5) is 11.8. The molecule has 0 aliphatic rings. The van der Waals surface area contributed by atoms with Crippen LogP contribution in [0.2, 0.25) is 0 Å². The molecule has 0 radical (unpaired) electrons. The number of hydrogen-bond acceptors (Lipinski definition) is 2. The summed E-state index contributed by atoms with van der Waals surface area (Å²) < 4.78 is 4.95. The maximum absolute atomic E-state index is 11.8. The highest BCUT2D eigenvalue weighted by Crippen LogP contribution is 2.26. The first-order chi connectivity index (χ1) is 7.37. The average Bonchev–Trinajstić information content (AvgIpc) is 2.51. The van der Waals surface area contributed by atoms with Gasteiger partial charge < -0.3 is 4.42 Å². The van der Waals surface area contributed by atoms with Crippen LogP contribution >= 0.6 is 0 Å². The Morgan fingerprint density at radius 1 is 1.44 bits per heavy atom.